The van der Waals surface area contributed by atoms with Gasteiger partial charge in [0.1, 0.15) is 0 Å². The van der Waals surface area contributed by atoms with Crippen molar-refractivity contribution in [3.63, 3.8) is 0 Å². The highest BCUT2D eigenvalue weighted by Gasteiger charge is 2.34. The third-order valence-electron chi connectivity index (χ3n) is 5.15. The number of hydrogen-bond donors (Lipinski definition) is 1. The minimum absolute atomic E-state index is 0.00443. The van der Waals surface area contributed by atoms with Gasteiger partial charge in [0.05, 0.1) is 4.99 Å². The quantitative estimate of drug-likeness (QED) is 0.801. The van der Waals surface area contributed by atoms with Crippen molar-refractivity contribution in [3.8, 4) is 0 Å². The summed E-state index contributed by atoms with van der Waals surface area (Å²) >= 11 is 5.16. The van der Waals surface area contributed by atoms with Crippen molar-refractivity contribution in [3.05, 3.63) is 0 Å². The number of hydrogen-bond acceptors (Lipinski definition) is 3. The summed E-state index contributed by atoms with van der Waals surface area (Å²) in [5.41, 5.74) is 5.81. The van der Waals surface area contributed by atoms with Gasteiger partial charge in [0, 0.05) is 18.0 Å². The van der Waals surface area contributed by atoms with Gasteiger partial charge in [-0.3, -0.25) is 0 Å². The van der Waals surface area contributed by atoms with Gasteiger partial charge in [-0.05, 0) is 58.3 Å². The minimum Gasteiger partial charge on any atom is -0.393 e. The zero-order chi connectivity index (χ0) is 14.0. The van der Waals surface area contributed by atoms with Gasteiger partial charge >= 0.3 is 0 Å². The van der Waals surface area contributed by atoms with Crippen LogP contribution in [0.4, 0.5) is 0 Å². The van der Waals surface area contributed by atoms with Crippen molar-refractivity contribution >= 4 is 17.2 Å². The van der Waals surface area contributed by atoms with Gasteiger partial charge in [-0.2, -0.15) is 0 Å². The number of rotatable bonds is 4. The lowest BCUT2D eigenvalue weighted by Crippen LogP contribution is -2.53. The first-order valence-electron chi connectivity index (χ1n) is 7.62. The molecule has 2 saturated heterocycles. The van der Waals surface area contributed by atoms with Gasteiger partial charge in [0.15, 0.2) is 0 Å². The van der Waals surface area contributed by atoms with E-state index in [0.717, 1.165) is 24.9 Å². The van der Waals surface area contributed by atoms with E-state index in [1.807, 2.05) is 0 Å². The molecule has 2 N–H and O–H groups in total. The Morgan fingerprint density at radius 2 is 2.05 bits per heavy atom. The number of fused-ring (bicyclic) bond motifs is 1. The second kappa shape index (κ2) is 6.06. The van der Waals surface area contributed by atoms with E-state index in [4.69, 9.17) is 18.0 Å². The van der Waals surface area contributed by atoms with E-state index in [-0.39, 0.29) is 5.41 Å². The summed E-state index contributed by atoms with van der Waals surface area (Å²) in [6.45, 7) is 9.25. The zero-order valence-electron chi connectivity index (χ0n) is 12.7. The van der Waals surface area contributed by atoms with Gasteiger partial charge < -0.3 is 15.5 Å². The molecule has 2 fully saturated rings. The van der Waals surface area contributed by atoms with Gasteiger partial charge in [-0.1, -0.05) is 26.1 Å². The van der Waals surface area contributed by atoms with Crippen LogP contribution in [0.2, 0.25) is 0 Å². The monoisotopic (exact) mass is 283 g/mol. The Balaban J connectivity index is 1.83. The lowest BCUT2D eigenvalue weighted by atomic mass is 9.83. The maximum Gasteiger partial charge on any atom is 0.0784 e. The van der Waals surface area contributed by atoms with Crippen LogP contribution in [0.1, 0.15) is 39.5 Å². The van der Waals surface area contributed by atoms with Crippen molar-refractivity contribution in [1.82, 2.24) is 9.80 Å². The molecule has 19 heavy (non-hydrogen) atoms. The molecular weight excluding hydrogens is 254 g/mol. The molecule has 2 rings (SSSR count). The molecule has 110 valence electrons. The lowest BCUT2D eigenvalue weighted by molar-refractivity contribution is 0.0360. The fraction of sp³-hybridized carbons (Fsp3) is 0.933. The van der Waals surface area contributed by atoms with Crippen LogP contribution in [0.3, 0.4) is 0 Å². The topological polar surface area (TPSA) is 32.5 Å². The van der Waals surface area contributed by atoms with Gasteiger partial charge in [-0.25, -0.2) is 0 Å². The minimum atomic E-state index is -0.00443. The first-order valence-corrected chi connectivity index (χ1v) is 8.03. The van der Waals surface area contributed by atoms with Crippen LogP contribution in [-0.2, 0) is 0 Å². The summed E-state index contributed by atoms with van der Waals surface area (Å²) in [7, 11) is 2.29. The molecule has 0 amide bonds. The smallest absolute Gasteiger partial charge is 0.0784 e. The Labute approximate surface area is 123 Å². The SMILES string of the molecule is CN1CCCC2CN(CCC(C)(C)C(N)=S)CCC21. The van der Waals surface area contributed by atoms with Crippen LogP contribution in [0.15, 0.2) is 0 Å². The Morgan fingerprint density at radius 1 is 1.32 bits per heavy atom. The van der Waals surface area contributed by atoms with Crippen LogP contribution in [-0.4, -0.2) is 54.1 Å². The number of nitrogens with zero attached hydrogens (tertiary/aromatic N) is 2. The molecule has 2 aliphatic rings. The maximum absolute atomic E-state index is 5.82. The molecule has 2 atom stereocenters. The van der Waals surface area contributed by atoms with E-state index >= 15 is 0 Å². The highest BCUT2D eigenvalue weighted by Crippen LogP contribution is 2.30. The van der Waals surface area contributed by atoms with E-state index in [1.54, 1.807) is 0 Å². The third-order valence-corrected chi connectivity index (χ3v) is 5.70. The molecule has 2 aliphatic heterocycles. The lowest BCUT2D eigenvalue weighted by Gasteiger charge is -2.46. The molecule has 4 heteroatoms. The summed E-state index contributed by atoms with van der Waals surface area (Å²) in [4.78, 5) is 5.85. The Hall–Kier alpha value is -0.190. The predicted octanol–water partition coefficient (Wildman–Crippen LogP) is 2.10. The molecule has 0 radical (unpaired) electrons. The summed E-state index contributed by atoms with van der Waals surface area (Å²) in [6.07, 6.45) is 5.18. The fourth-order valence-corrected chi connectivity index (χ4v) is 3.59. The van der Waals surface area contributed by atoms with E-state index in [1.165, 1.54) is 38.9 Å². The van der Waals surface area contributed by atoms with Crippen molar-refractivity contribution in [1.29, 1.82) is 0 Å². The average molecular weight is 283 g/mol. The molecule has 0 aliphatic carbocycles. The number of thiocarbonyl (C=S) groups is 1. The molecule has 0 bridgehead atoms. The highest BCUT2D eigenvalue weighted by molar-refractivity contribution is 7.80. The zero-order valence-corrected chi connectivity index (χ0v) is 13.5. The Bertz CT molecular complexity index is 329. The Kier molecular flexibility index (Phi) is 4.85. The second-order valence-electron chi connectivity index (χ2n) is 7.04. The first kappa shape index (κ1) is 15.2. The van der Waals surface area contributed by atoms with Crippen molar-refractivity contribution < 1.29 is 0 Å². The molecule has 0 aromatic carbocycles. The van der Waals surface area contributed by atoms with Crippen LogP contribution < -0.4 is 5.73 Å². The molecule has 0 saturated carbocycles. The van der Waals surface area contributed by atoms with Crippen LogP contribution in [0, 0.1) is 11.3 Å². The predicted molar refractivity (Wildman–Crippen MR) is 85.4 cm³/mol. The van der Waals surface area contributed by atoms with Crippen LogP contribution >= 0.6 is 12.2 Å². The summed E-state index contributed by atoms with van der Waals surface area (Å²) < 4.78 is 0. The standard InChI is InChI=1S/C15H29N3S/c1-15(2,14(16)19)7-10-18-9-6-13-12(11-18)5-4-8-17(13)3/h12-13H,4-11H2,1-3H3,(H2,16,19). The molecule has 3 nitrogen and oxygen atoms in total. The van der Waals surface area contributed by atoms with E-state index in [0.29, 0.717) is 4.99 Å². The Morgan fingerprint density at radius 3 is 2.74 bits per heavy atom. The van der Waals surface area contributed by atoms with Crippen molar-refractivity contribution in [2.45, 2.75) is 45.6 Å². The van der Waals surface area contributed by atoms with Gasteiger partial charge in [-0.15, -0.1) is 0 Å². The highest BCUT2D eigenvalue weighted by atomic mass is 32.1. The average Bonchev–Trinajstić information content (AvgIpc) is 2.36. The number of likely N-dealkylation sites (tertiary alicyclic amines) is 2. The van der Waals surface area contributed by atoms with Gasteiger partial charge in [0.2, 0.25) is 0 Å². The summed E-state index contributed by atoms with van der Waals surface area (Å²) in [5, 5.41) is 0. The van der Waals surface area contributed by atoms with Crippen LogP contribution in [0.25, 0.3) is 0 Å². The number of nitrogens with two attached hydrogens (primary N) is 1. The fourth-order valence-electron chi connectivity index (χ4n) is 3.49. The molecule has 0 aromatic heterocycles. The third kappa shape index (κ3) is 3.67. The molecule has 0 spiro atoms. The molecule has 0 aromatic rings. The van der Waals surface area contributed by atoms with E-state index < -0.39 is 0 Å². The van der Waals surface area contributed by atoms with Crippen molar-refractivity contribution in [2.75, 3.05) is 33.2 Å². The largest absolute Gasteiger partial charge is 0.393 e. The first-order chi connectivity index (χ1) is 8.90. The summed E-state index contributed by atoms with van der Waals surface area (Å²) in [5.74, 6) is 0.875. The maximum atomic E-state index is 5.82. The van der Waals surface area contributed by atoms with E-state index in [2.05, 4.69) is 30.7 Å². The normalized spacial score (nSPS) is 30.1. The van der Waals surface area contributed by atoms with Gasteiger partial charge in [0.25, 0.3) is 0 Å². The van der Waals surface area contributed by atoms with Crippen molar-refractivity contribution in [2.24, 2.45) is 17.1 Å². The number of piperidine rings is 2. The second-order valence-corrected chi connectivity index (χ2v) is 7.48. The summed E-state index contributed by atoms with van der Waals surface area (Å²) in [6, 6.07) is 0.827. The molecular formula is C15H29N3S. The molecule has 2 heterocycles. The molecule has 2 unspecified atom stereocenters. The van der Waals surface area contributed by atoms with E-state index in [9.17, 15) is 0 Å². The van der Waals surface area contributed by atoms with Crippen LogP contribution in [0.5, 0.6) is 0 Å².